The summed E-state index contributed by atoms with van der Waals surface area (Å²) in [5.74, 6) is -9.91. The number of carboxylic acid groups (broad SMARTS) is 8. The molecule has 0 unspecified atom stereocenters. The third-order valence-corrected chi connectivity index (χ3v) is 8.14. The molecule has 0 bridgehead atoms. The third kappa shape index (κ3) is 46.8. The highest BCUT2D eigenvalue weighted by Gasteiger charge is 2.27. The van der Waals surface area contributed by atoms with Crippen molar-refractivity contribution in [2.45, 2.75) is 148 Å². The summed E-state index contributed by atoms with van der Waals surface area (Å²) in [6, 6.07) is -7.22. The first-order chi connectivity index (χ1) is 30.5. The van der Waals surface area contributed by atoms with Gasteiger partial charge in [0.25, 0.3) is 0 Å². The number of nitrogens with two attached hydrogens (primary N) is 7. The minimum Gasteiger partial charge on any atom is -0.481 e. The van der Waals surface area contributed by atoms with Gasteiger partial charge in [-0.3, -0.25) is 38.4 Å². The number of ether oxygens (including phenoxy) is 1. The zero-order chi connectivity index (χ0) is 54.5. The van der Waals surface area contributed by atoms with Gasteiger partial charge in [0.15, 0.2) is 0 Å². The van der Waals surface area contributed by atoms with E-state index in [0.29, 0.717) is 12.3 Å². The fraction of sp³-hybridized carbons (Fsp3) is 0.737. The van der Waals surface area contributed by atoms with Crippen molar-refractivity contribution < 1.29 is 104 Å². The van der Waals surface area contributed by atoms with Gasteiger partial charge in [-0.25, -0.2) is 9.59 Å². The number of hydrogen-bond acceptors (Lipinski definition) is 21. The molecule has 0 aliphatic carbocycles. The molecule has 0 aromatic rings. The van der Waals surface area contributed by atoms with Crippen LogP contribution in [0, 0.1) is 17.8 Å². The second-order valence-corrected chi connectivity index (χ2v) is 15.1. The molecule has 25 N–H and O–H groups in total. The zero-order valence-electron chi connectivity index (χ0n) is 38.8. The van der Waals surface area contributed by atoms with Crippen LogP contribution >= 0.6 is 0 Å². The lowest BCUT2D eigenvalue weighted by Crippen LogP contribution is -2.45. The molecule has 394 valence electrons. The van der Waals surface area contributed by atoms with E-state index in [4.69, 9.17) is 91.2 Å². The molecule has 0 amide bonds. The summed E-state index contributed by atoms with van der Waals surface area (Å²) in [4.78, 5) is 102. The van der Waals surface area contributed by atoms with E-state index in [9.17, 15) is 47.9 Å². The lowest BCUT2D eigenvalue weighted by atomic mass is 10.0. The second-order valence-electron chi connectivity index (χ2n) is 15.1. The number of aliphatic hydroxyl groups is 2. The monoisotopic (exact) mass is 981 g/mol. The standard InChI is InChI=1S/C9H18N2O4.2C6H13NO2.C5H9NO4.C5H9NO2.C4H7NO4.C3H7NO3/c1-4(2)6(10)8(13)15-9(14)7(11)5(3)12;1-4(2)3-5(7)6(8)9;1-3-4(2)5(7)6(8)9;6-3(5(9)10)1-2-4(7)8;7-5(8)4-2-1-3-6-4;5-2(4(8)9)1-3(6)7;4-2(1-5)3(6)7/h4-7,12H,10-11H2,1-3H3;2*4-5H,3,7H2,1-2H3,(H,8,9);3H,1-2,6H2,(H,7,8)(H,9,10);4,6H,1-3H2,(H,7,8);2H,1,5H2,(H,6,7)(H,8,9);2,5H,1,4H2,(H,6,7)/t5-,6+,7+;5-;4-,5-;3-;4-;2*2-/m1000000/s1. The molecular weight excluding hydrogens is 904 g/mol. The van der Waals surface area contributed by atoms with E-state index in [1.165, 1.54) is 6.92 Å². The molecule has 0 saturated carbocycles. The fourth-order valence-electron chi connectivity index (χ4n) is 3.46. The molecule has 29 nitrogen and oxygen atoms in total. The van der Waals surface area contributed by atoms with Crippen LogP contribution in [0.5, 0.6) is 0 Å². The molecule has 10 atom stereocenters. The summed E-state index contributed by atoms with van der Waals surface area (Å²) >= 11 is 0. The Labute approximate surface area is 387 Å². The van der Waals surface area contributed by atoms with Gasteiger partial charge in [0.1, 0.15) is 48.3 Å². The predicted molar refractivity (Wildman–Crippen MR) is 235 cm³/mol. The van der Waals surface area contributed by atoms with Crippen LogP contribution in [-0.2, 0) is 52.7 Å². The van der Waals surface area contributed by atoms with Gasteiger partial charge >= 0.3 is 59.7 Å². The summed E-state index contributed by atoms with van der Waals surface area (Å²) in [6.45, 7) is 12.8. The maximum absolute atomic E-state index is 11.2. The molecular formula is C38H76N8O21. The van der Waals surface area contributed by atoms with Gasteiger partial charge in [0.05, 0.1) is 19.1 Å². The van der Waals surface area contributed by atoms with Crippen LogP contribution in [-0.4, -0.2) is 178 Å². The van der Waals surface area contributed by atoms with Crippen molar-refractivity contribution in [2.24, 2.45) is 57.9 Å². The van der Waals surface area contributed by atoms with Crippen LogP contribution < -0.4 is 45.5 Å². The van der Waals surface area contributed by atoms with Gasteiger partial charge in [-0.1, -0.05) is 48.0 Å². The molecule has 0 spiro atoms. The Hall–Kier alpha value is -5.50. The van der Waals surface area contributed by atoms with Crippen molar-refractivity contribution in [3.63, 3.8) is 0 Å². The van der Waals surface area contributed by atoms with Gasteiger partial charge in [-0.2, -0.15) is 0 Å². The summed E-state index contributed by atoms with van der Waals surface area (Å²) in [5.41, 5.74) is 35.8. The van der Waals surface area contributed by atoms with Crippen LogP contribution in [0.2, 0.25) is 0 Å². The molecule has 29 heteroatoms. The number of aliphatic hydroxyl groups excluding tert-OH is 2. The Morgan fingerprint density at radius 1 is 0.597 bits per heavy atom. The predicted octanol–water partition coefficient (Wildman–Crippen LogP) is -4.01. The lowest BCUT2D eigenvalue weighted by Gasteiger charge is -2.16. The highest BCUT2D eigenvalue weighted by molar-refractivity contribution is 5.91. The highest BCUT2D eigenvalue weighted by atomic mass is 16.6. The van der Waals surface area contributed by atoms with E-state index in [-0.39, 0.29) is 30.7 Å². The van der Waals surface area contributed by atoms with Crippen molar-refractivity contribution in [3.8, 4) is 0 Å². The summed E-state index contributed by atoms with van der Waals surface area (Å²) in [6.07, 6.45) is 1.32. The van der Waals surface area contributed by atoms with Gasteiger partial charge in [-0.15, -0.1) is 0 Å². The molecule has 1 saturated heterocycles. The Morgan fingerprint density at radius 3 is 1.22 bits per heavy atom. The van der Waals surface area contributed by atoms with Gasteiger partial charge in [0.2, 0.25) is 0 Å². The van der Waals surface area contributed by atoms with Crippen molar-refractivity contribution in [3.05, 3.63) is 0 Å². The molecule has 1 heterocycles. The Morgan fingerprint density at radius 2 is 1.03 bits per heavy atom. The maximum atomic E-state index is 11.2. The molecule has 67 heavy (non-hydrogen) atoms. The van der Waals surface area contributed by atoms with Crippen molar-refractivity contribution in [1.29, 1.82) is 0 Å². The number of carbonyl (C=O) groups is 10. The molecule has 1 aliphatic rings. The van der Waals surface area contributed by atoms with E-state index in [1.807, 2.05) is 27.7 Å². The first kappa shape index (κ1) is 73.1. The number of carbonyl (C=O) groups excluding carboxylic acids is 2. The first-order valence-electron chi connectivity index (χ1n) is 20.3. The van der Waals surface area contributed by atoms with Crippen molar-refractivity contribution in [2.75, 3.05) is 13.2 Å². The molecule has 0 aromatic heterocycles. The molecule has 0 radical (unpaired) electrons. The molecule has 1 fully saturated rings. The Balaban J connectivity index is -0.000000164. The molecule has 1 aliphatic heterocycles. The van der Waals surface area contributed by atoms with E-state index in [0.717, 1.165) is 25.8 Å². The van der Waals surface area contributed by atoms with Crippen LogP contribution in [0.15, 0.2) is 0 Å². The smallest absolute Gasteiger partial charge is 0.333 e. The van der Waals surface area contributed by atoms with Crippen LogP contribution in [0.3, 0.4) is 0 Å². The number of rotatable bonds is 20. The topological polar surface area (TPSA) is 576 Å². The zero-order valence-corrected chi connectivity index (χ0v) is 38.8. The van der Waals surface area contributed by atoms with E-state index in [1.54, 1.807) is 13.8 Å². The number of nitrogens with one attached hydrogen (secondary N) is 1. The van der Waals surface area contributed by atoms with Gasteiger partial charge < -0.3 is 101 Å². The van der Waals surface area contributed by atoms with Gasteiger partial charge in [-0.05, 0) is 56.9 Å². The fourth-order valence-corrected chi connectivity index (χ4v) is 3.46. The van der Waals surface area contributed by atoms with E-state index in [2.05, 4.69) is 10.1 Å². The van der Waals surface area contributed by atoms with E-state index >= 15 is 0 Å². The third-order valence-electron chi connectivity index (χ3n) is 8.14. The van der Waals surface area contributed by atoms with Crippen LogP contribution in [0.4, 0.5) is 0 Å². The number of hydrogen-bond donors (Lipinski definition) is 18. The van der Waals surface area contributed by atoms with Crippen LogP contribution in [0.1, 0.15) is 93.4 Å². The normalized spacial score (nSPS) is 16.2. The van der Waals surface area contributed by atoms with Crippen LogP contribution in [0.25, 0.3) is 0 Å². The summed E-state index contributed by atoms with van der Waals surface area (Å²) < 4.78 is 4.41. The highest BCUT2D eigenvalue weighted by Crippen LogP contribution is 2.05. The molecule has 1 rings (SSSR count). The number of aliphatic carboxylic acids is 8. The minimum absolute atomic E-state index is 0.0231. The van der Waals surface area contributed by atoms with E-state index < -0.39 is 121 Å². The number of carboxylic acids is 8. The maximum Gasteiger partial charge on any atom is 0.333 e. The largest absolute Gasteiger partial charge is 0.481 e. The van der Waals surface area contributed by atoms with Gasteiger partial charge in [0, 0.05) is 6.42 Å². The minimum atomic E-state index is -1.29. The first-order valence-corrected chi connectivity index (χ1v) is 20.3. The van der Waals surface area contributed by atoms with Crippen molar-refractivity contribution >= 4 is 59.7 Å². The quantitative estimate of drug-likeness (QED) is 0.0408. The Bertz CT molecular complexity index is 1460. The second kappa shape index (κ2) is 41.9. The number of esters is 2. The lowest BCUT2D eigenvalue weighted by molar-refractivity contribution is -0.164. The van der Waals surface area contributed by atoms with Crippen molar-refractivity contribution in [1.82, 2.24) is 5.32 Å². The summed E-state index contributed by atoms with van der Waals surface area (Å²) in [7, 11) is 0. The Kier molecular flexibility index (Phi) is 45.7. The average Bonchev–Trinajstić information content (AvgIpc) is 3.78. The molecule has 0 aromatic carbocycles. The SMILES string of the molecule is CC(C)C[C@H](N)C(=O)O.CC(C)[C@H](N)C(=O)OC(=O)[C@@H](N)[C@@H](C)O.CC[C@H](C)[C@H](N)C(=O)O.N[C@@H](CC(=O)O)C(=O)O.N[C@@H](CCC(=O)O)C(=O)O.N[C@@H](CO)C(=O)O.O=C(O)[C@@H]1CCCN1. The average molecular weight is 981 g/mol. The summed E-state index contributed by atoms with van der Waals surface area (Å²) in [5, 5.41) is 85.1.